The number of hydrogen-bond acceptors (Lipinski definition) is 0. The third-order valence-corrected chi connectivity index (χ3v) is 2.61. The van der Waals surface area contributed by atoms with Crippen LogP contribution in [0.1, 0.15) is 6.42 Å². The molecule has 0 heterocycles. The molecule has 1 aliphatic rings. The highest BCUT2D eigenvalue weighted by molar-refractivity contribution is 9.09. The monoisotopic (exact) mass is 224 g/mol. The van der Waals surface area contributed by atoms with Gasteiger partial charge in [-0.1, -0.05) is 33.6 Å². The molecule has 0 aliphatic heterocycles. The van der Waals surface area contributed by atoms with E-state index in [2.05, 4.69) is 15.9 Å². The quantitative estimate of drug-likeness (QED) is 0.601. The maximum atomic E-state index is 13.2. The first-order chi connectivity index (χ1) is 4.66. The zero-order valence-corrected chi connectivity index (χ0v) is 7.62. The van der Waals surface area contributed by atoms with Gasteiger partial charge in [-0.3, -0.25) is 0 Å². The smallest absolute Gasteiger partial charge is 0.142 e. The molecular formula is C7H7BrClF. The third kappa shape index (κ3) is 1.83. The highest BCUT2D eigenvalue weighted by Gasteiger charge is 2.25. The van der Waals surface area contributed by atoms with Crippen LogP contribution in [0.5, 0.6) is 0 Å². The molecule has 1 rings (SSSR count). The summed E-state index contributed by atoms with van der Waals surface area (Å²) in [4.78, 5) is 0. The van der Waals surface area contributed by atoms with E-state index in [1.807, 2.05) is 0 Å². The lowest BCUT2D eigenvalue weighted by atomic mass is 10.0. The van der Waals surface area contributed by atoms with Crippen LogP contribution in [0, 0.1) is 0 Å². The fourth-order valence-electron chi connectivity index (χ4n) is 0.731. The highest BCUT2D eigenvalue weighted by atomic mass is 79.9. The summed E-state index contributed by atoms with van der Waals surface area (Å²) in [6.07, 6.45) is 5.13. The molecule has 1 unspecified atom stereocenters. The molecule has 0 nitrogen and oxygen atoms in total. The Kier molecular flexibility index (Phi) is 2.53. The van der Waals surface area contributed by atoms with E-state index in [4.69, 9.17) is 11.6 Å². The first-order valence-corrected chi connectivity index (χ1v) is 4.46. The molecule has 0 aromatic rings. The van der Waals surface area contributed by atoms with Crippen LogP contribution >= 0.6 is 27.5 Å². The zero-order valence-electron chi connectivity index (χ0n) is 5.28. The highest BCUT2D eigenvalue weighted by Crippen LogP contribution is 2.27. The van der Waals surface area contributed by atoms with Gasteiger partial charge in [0.05, 0.1) is 0 Å². The Hall–Kier alpha value is 0.180. The van der Waals surface area contributed by atoms with E-state index in [1.54, 1.807) is 12.2 Å². The molecular weight excluding hydrogens is 218 g/mol. The summed E-state index contributed by atoms with van der Waals surface area (Å²) in [5.74, 6) is 0. The minimum atomic E-state index is -1.22. The summed E-state index contributed by atoms with van der Waals surface area (Å²) in [5.41, 5.74) is -1.22. The molecule has 0 N–H and O–H groups in total. The number of alkyl halides is 2. The van der Waals surface area contributed by atoms with Gasteiger partial charge in [-0.2, -0.15) is 0 Å². The summed E-state index contributed by atoms with van der Waals surface area (Å²) in [6, 6.07) is 0. The van der Waals surface area contributed by atoms with Crippen molar-refractivity contribution in [3.8, 4) is 0 Å². The van der Waals surface area contributed by atoms with Crippen LogP contribution in [0.3, 0.4) is 0 Å². The maximum absolute atomic E-state index is 13.2. The molecule has 0 saturated heterocycles. The van der Waals surface area contributed by atoms with E-state index in [1.165, 1.54) is 6.08 Å². The van der Waals surface area contributed by atoms with E-state index < -0.39 is 5.67 Å². The second-order valence-electron chi connectivity index (χ2n) is 2.29. The van der Waals surface area contributed by atoms with Crippen LogP contribution < -0.4 is 0 Å². The first-order valence-electron chi connectivity index (χ1n) is 2.96. The lowest BCUT2D eigenvalue weighted by Gasteiger charge is -2.19. The van der Waals surface area contributed by atoms with Crippen LogP contribution in [0.15, 0.2) is 23.3 Å². The lowest BCUT2D eigenvalue weighted by Crippen LogP contribution is -2.22. The summed E-state index contributed by atoms with van der Waals surface area (Å²) in [6.45, 7) is 0. The predicted molar refractivity (Wildman–Crippen MR) is 45.3 cm³/mol. The third-order valence-electron chi connectivity index (χ3n) is 1.40. The average molecular weight is 225 g/mol. The molecule has 10 heavy (non-hydrogen) atoms. The second kappa shape index (κ2) is 3.05. The van der Waals surface area contributed by atoms with Gasteiger partial charge in [-0.25, -0.2) is 4.39 Å². The minimum absolute atomic E-state index is 0.331. The number of halogens is 3. The largest absolute Gasteiger partial charge is 0.238 e. The van der Waals surface area contributed by atoms with Gasteiger partial charge in [-0.15, -0.1) is 0 Å². The predicted octanol–water partition coefficient (Wildman–Crippen LogP) is 3.17. The first kappa shape index (κ1) is 8.28. The van der Waals surface area contributed by atoms with E-state index in [9.17, 15) is 4.39 Å². The Balaban J connectivity index is 2.67. The van der Waals surface area contributed by atoms with Crippen LogP contribution in [0.2, 0.25) is 0 Å². The molecule has 0 spiro atoms. The lowest BCUT2D eigenvalue weighted by molar-refractivity contribution is 0.268. The van der Waals surface area contributed by atoms with E-state index in [0.717, 1.165) is 0 Å². The van der Waals surface area contributed by atoms with Crippen molar-refractivity contribution in [2.24, 2.45) is 0 Å². The van der Waals surface area contributed by atoms with Crippen molar-refractivity contribution in [2.45, 2.75) is 12.1 Å². The van der Waals surface area contributed by atoms with Crippen LogP contribution in [-0.2, 0) is 0 Å². The Labute approximate surface area is 72.9 Å². The van der Waals surface area contributed by atoms with Gasteiger partial charge in [-0.05, 0) is 12.2 Å². The fourth-order valence-corrected chi connectivity index (χ4v) is 1.29. The van der Waals surface area contributed by atoms with Gasteiger partial charge < -0.3 is 0 Å². The second-order valence-corrected chi connectivity index (χ2v) is 3.29. The molecule has 3 heteroatoms. The summed E-state index contributed by atoms with van der Waals surface area (Å²) >= 11 is 8.68. The molecule has 0 amide bonds. The van der Waals surface area contributed by atoms with E-state index >= 15 is 0 Å². The Morgan fingerprint density at radius 2 is 2.50 bits per heavy atom. The molecule has 0 fully saturated rings. The Morgan fingerprint density at radius 3 is 2.90 bits per heavy atom. The SMILES string of the molecule is FC1(CBr)C=CC(Cl)=CC1. The van der Waals surface area contributed by atoms with E-state index in [-0.39, 0.29) is 0 Å². The normalized spacial score (nSPS) is 32.1. The van der Waals surface area contributed by atoms with E-state index in [0.29, 0.717) is 16.8 Å². The average Bonchev–Trinajstić information content (AvgIpc) is 1.96. The van der Waals surface area contributed by atoms with Gasteiger partial charge >= 0.3 is 0 Å². The zero-order chi connectivity index (χ0) is 7.61. The maximum Gasteiger partial charge on any atom is 0.142 e. The Morgan fingerprint density at radius 1 is 1.80 bits per heavy atom. The molecule has 56 valence electrons. The molecule has 0 bridgehead atoms. The van der Waals surface area contributed by atoms with Crippen molar-refractivity contribution < 1.29 is 4.39 Å². The van der Waals surface area contributed by atoms with Gasteiger partial charge in [0, 0.05) is 16.8 Å². The molecule has 0 saturated carbocycles. The topological polar surface area (TPSA) is 0 Å². The van der Waals surface area contributed by atoms with Crippen molar-refractivity contribution in [3.05, 3.63) is 23.3 Å². The number of hydrogen-bond donors (Lipinski definition) is 0. The van der Waals surface area contributed by atoms with Gasteiger partial charge in [0.25, 0.3) is 0 Å². The van der Waals surface area contributed by atoms with Crippen LogP contribution in [0.25, 0.3) is 0 Å². The summed E-state index contributed by atoms with van der Waals surface area (Å²) in [7, 11) is 0. The fraction of sp³-hybridized carbons (Fsp3) is 0.429. The Bertz CT molecular complexity index is 188. The summed E-state index contributed by atoms with van der Waals surface area (Å²) in [5, 5.41) is 0.950. The molecule has 1 atom stereocenters. The van der Waals surface area contributed by atoms with Crippen LogP contribution in [0.4, 0.5) is 4.39 Å². The van der Waals surface area contributed by atoms with Crippen molar-refractivity contribution in [2.75, 3.05) is 5.33 Å². The minimum Gasteiger partial charge on any atom is -0.238 e. The van der Waals surface area contributed by atoms with Gasteiger partial charge in [0.15, 0.2) is 0 Å². The summed E-state index contributed by atoms with van der Waals surface area (Å²) < 4.78 is 13.2. The molecule has 0 aromatic heterocycles. The molecule has 0 aromatic carbocycles. The number of rotatable bonds is 1. The van der Waals surface area contributed by atoms with Crippen molar-refractivity contribution in [1.82, 2.24) is 0 Å². The standard InChI is InChI=1S/C7H7BrClF/c8-5-7(10)3-1-6(9)2-4-7/h1-3H,4-5H2. The number of allylic oxidation sites excluding steroid dienone is 4. The van der Waals surface area contributed by atoms with Crippen molar-refractivity contribution >= 4 is 27.5 Å². The van der Waals surface area contributed by atoms with Crippen molar-refractivity contribution in [3.63, 3.8) is 0 Å². The molecule has 1 aliphatic carbocycles. The van der Waals surface area contributed by atoms with Gasteiger partial charge in [0.2, 0.25) is 0 Å². The van der Waals surface area contributed by atoms with Crippen molar-refractivity contribution in [1.29, 1.82) is 0 Å². The van der Waals surface area contributed by atoms with Crippen LogP contribution in [-0.4, -0.2) is 11.0 Å². The van der Waals surface area contributed by atoms with Gasteiger partial charge in [0.1, 0.15) is 5.67 Å². The molecule has 0 radical (unpaired) electrons.